The Morgan fingerprint density at radius 2 is 2.06 bits per heavy atom. The zero-order valence-corrected chi connectivity index (χ0v) is 11.8. The van der Waals surface area contributed by atoms with Crippen molar-refractivity contribution in [2.75, 3.05) is 31.8 Å². The molecule has 0 fully saturated rings. The molecule has 2 unspecified atom stereocenters. The fourth-order valence-electron chi connectivity index (χ4n) is 1.57. The molecule has 16 heavy (non-hydrogen) atoms. The van der Waals surface area contributed by atoms with Crippen LogP contribution in [0.15, 0.2) is 0 Å². The Kier molecular flexibility index (Phi) is 11.6. The highest BCUT2D eigenvalue weighted by atomic mass is 32.2. The van der Waals surface area contributed by atoms with Gasteiger partial charge in [-0.15, -0.1) is 0 Å². The van der Waals surface area contributed by atoms with Gasteiger partial charge in [-0.05, 0) is 32.2 Å². The SMILES string of the molecule is CCCNC(CC)CCCS(=O)CCOC. The first kappa shape index (κ1) is 16.1. The molecule has 1 N–H and O–H groups in total. The molecule has 0 rings (SSSR count). The summed E-state index contributed by atoms with van der Waals surface area (Å²) < 4.78 is 16.4. The van der Waals surface area contributed by atoms with E-state index >= 15 is 0 Å². The van der Waals surface area contributed by atoms with Gasteiger partial charge in [-0.1, -0.05) is 13.8 Å². The van der Waals surface area contributed by atoms with Crippen LogP contribution in [0, 0.1) is 0 Å². The summed E-state index contributed by atoms with van der Waals surface area (Å²) in [6, 6.07) is 0.597. The molecule has 0 saturated heterocycles. The summed E-state index contributed by atoms with van der Waals surface area (Å²) in [5.41, 5.74) is 0. The molecule has 4 heteroatoms. The number of hydrogen-bond donors (Lipinski definition) is 1. The second-order valence-corrected chi connectivity index (χ2v) is 5.74. The Bertz CT molecular complexity index is 176. The summed E-state index contributed by atoms with van der Waals surface area (Å²) >= 11 is 0. The predicted molar refractivity (Wildman–Crippen MR) is 71.4 cm³/mol. The molecule has 0 amide bonds. The van der Waals surface area contributed by atoms with Gasteiger partial charge in [-0.25, -0.2) is 0 Å². The van der Waals surface area contributed by atoms with Gasteiger partial charge in [0.2, 0.25) is 0 Å². The van der Waals surface area contributed by atoms with Crippen molar-refractivity contribution in [3.8, 4) is 0 Å². The quantitative estimate of drug-likeness (QED) is 0.608. The maximum absolute atomic E-state index is 11.5. The van der Waals surface area contributed by atoms with Crippen LogP contribution in [-0.4, -0.2) is 42.0 Å². The molecule has 3 nitrogen and oxygen atoms in total. The topological polar surface area (TPSA) is 38.3 Å². The van der Waals surface area contributed by atoms with Crippen molar-refractivity contribution in [1.29, 1.82) is 0 Å². The second kappa shape index (κ2) is 11.6. The summed E-state index contributed by atoms with van der Waals surface area (Å²) in [5, 5.41) is 3.51. The maximum Gasteiger partial charge on any atom is 0.0577 e. The summed E-state index contributed by atoms with van der Waals surface area (Å²) in [6.45, 7) is 6.08. The second-order valence-electron chi connectivity index (χ2n) is 4.04. The van der Waals surface area contributed by atoms with E-state index < -0.39 is 10.8 Å². The third-order valence-electron chi connectivity index (χ3n) is 2.62. The smallest absolute Gasteiger partial charge is 0.0577 e. The van der Waals surface area contributed by atoms with Gasteiger partial charge in [0, 0.05) is 35.5 Å². The van der Waals surface area contributed by atoms with E-state index in [4.69, 9.17) is 4.74 Å². The van der Waals surface area contributed by atoms with Gasteiger partial charge in [-0.3, -0.25) is 4.21 Å². The van der Waals surface area contributed by atoms with E-state index in [0.717, 1.165) is 31.6 Å². The number of hydrogen-bond acceptors (Lipinski definition) is 3. The van der Waals surface area contributed by atoms with E-state index in [0.29, 0.717) is 18.4 Å². The molecule has 0 aliphatic carbocycles. The highest BCUT2D eigenvalue weighted by Crippen LogP contribution is 2.03. The van der Waals surface area contributed by atoms with Crippen LogP contribution in [-0.2, 0) is 15.5 Å². The third kappa shape index (κ3) is 9.31. The predicted octanol–water partition coefficient (Wildman–Crippen LogP) is 1.94. The average Bonchev–Trinajstić information content (AvgIpc) is 2.30. The number of ether oxygens (including phenoxy) is 1. The van der Waals surface area contributed by atoms with Crippen molar-refractivity contribution in [1.82, 2.24) is 5.32 Å². The molecular formula is C12H27NO2S. The highest BCUT2D eigenvalue weighted by molar-refractivity contribution is 7.84. The Hall–Kier alpha value is 0.0700. The van der Waals surface area contributed by atoms with E-state index in [1.54, 1.807) is 7.11 Å². The first-order valence-corrected chi connectivity index (χ1v) is 7.80. The van der Waals surface area contributed by atoms with Gasteiger partial charge in [0.05, 0.1) is 6.61 Å². The molecule has 0 aromatic carbocycles. The van der Waals surface area contributed by atoms with Gasteiger partial charge in [0.25, 0.3) is 0 Å². The van der Waals surface area contributed by atoms with Crippen molar-refractivity contribution in [3.05, 3.63) is 0 Å². The van der Waals surface area contributed by atoms with Crippen molar-refractivity contribution in [2.45, 2.75) is 45.6 Å². The lowest BCUT2D eigenvalue weighted by molar-refractivity contribution is 0.218. The molecule has 0 spiro atoms. The van der Waals surface area contributed by atoms with Crippen LogP contribution in [0.25, 0.3) is 0 Å². The fourth-order valence-corrected chi connectivity index (χ4v) is 2.61. The average molecular weight is 249 g/mol. The van der Waals surface area contributed by atoms with Crippen LogP contribution < -0.4 is 5.32 Å². The molecule has 0 aromatic rings. The highest BCUT2D eigenvalue weighted by Gasteiger charge is 2.06. The van der Waals surface area contributed by atoms with Crippen molar-refractivity contribution in [2.24, 2.45) is 0 Å². The van der Waals surface area contributed by atoms with Crippen LogP contribution in [0.2, 0.25) is 0 Å². The monoisotopic (exact) mass is 249 g/mol. The zero-order valence-electron chi connectivity index (χ0n) is 11.0. The van der Waals surface area contributed by atoms with Crippen LogP contribution in [0.1, 0.15) is 39.5 Å². The van der Waals surface area contributed by atoms with Crippen LogP contribution in [0.4, 0.5) is 0 Å². The Labute approximate surface area is 103 Å². The summed E-state index contributed by atoms with van der Waals surface area (Å²) in [5.74, 6) is 1.49. The normalized spacial score (nSPS) is 14.9. The summed E-state index contributed by atoms with van der Waals surface area (Å²) in [6.07, 6.45) is 4.52. The van der Waals surface area contributed by atoms with Crippen molar-refractivity contribution >= 4 is 10.8 Å². The standard InChI is InChI=1S/C12H27NO2S/c1-4-8-13-12(5-2)7-6-10-16(14)11-9-15-3/h12-13H,4-11H2,1-3H3. The molecule has 0 aliphatic rings. The van der Waals surface area contributed by atoms with Crippen LogP contribution >= 0.6 is 0 Å². The molecule has 0 aliphatic heterocycles. The first-order chi connectivity index (χ1) is 7.74. The Morgan fingerprint density at radius 3 is 2.62 bits per heavy atom. The van der Waals surface area contributed by atoms with E-state index in [1.165, 1.54) is 6.42 Å². The van der Waals surface area contributed by atoms with E-state index in [1.807, 2.05) is 0 Å². The number of nitrogens with one attached hydrogen (secondary N) is 1. The fraction of sp³-hybridized carbons (Fsp3) is 1.00. The zero-order chi connectivity index (χ0) is 12.2. The van der Waals surface area contributed by atoms with Crippen molar-refractivity contribution < 1.29 is 8.95 Å². The molecule has 0 saturated carbocycles. The van der Waals surface area contributed by atoms with Gasteiger partial charge < -0.3 is 10.1 Å². The van der Waals surface area contributed by atoms with Crippen LogP contribution in [0.5, 0.6) is 0 Å². The van der Waals surface area contributed by atoms with E-state index in [2.05, 4.69) is 19.2 Å². The lowest BCUT2D eigenvalue weighted by Gasteiger charge is -2.16. The van der Waals surface area contributed by atoms with Gasteiger partial charge in [0.15, 0.2) is 0 Å². The molecule has 2 atom stereocenters. The van der Waals surface area contributed by atoms with E-state index in [-0.39, 0.29) is 0 Å². The maximum atomic E-state index is 11.5. The van der Waals surface area contributed by atoms with Gasteiger partial charge >= 0.3 is 0 Å². The molecule has 0 heterocycles. The first-order valence-electron chi connectivity index (χ1n) is 6.31. The largest absolute Gasteiger partial charge is 0.384 e. The van der Waals surface area contributed by atoms with Gasteiger partial charge in [0.1, 0.15) is 0 Å². The minimum atomic E-state index is -0.697. The third-order valence-corrected chi connectivity index (χ3v) is 3.98. The minimum Gasteiger partial charge on any atom is -0.384 e. The summed E-state index contributed by atoms with van der Waals surface area (Å²) in [7, 11) is 0.955. The molecule has 0 radical (unpaired) electrons. The lowest BCUT2D eigenvalue weighted by atomic mass is 10.1. The van der Waals surface area contributed by atoms with E-state index in [9.17, 15) is 4.21 Å². The molecule has 98 valence electrons. The van der Waals surface area contributed by atoms with Crippen LogP contribution in [0.3, 0.4) is 0 Å². The Balaban J connectivity index is 3.49. The number of methoxy groups -OCH3 is 1. The lowest BCUT2D eigenvalue weighted by Crippen LogP contribution is -2.29. The summed E-state index contributed by atoms with van der Waals surface area (Å²) in [4.78, 5) is 0. The Morgan fingerprint density at radius 1 is 1.31 bits per heavy atom. The molecule has 0 aromatic heterocycles. The van der Waals surface area contributed by atoms with Crippen molar-refractivity contribution in [3.63, 3.8) is 0 Å². The number of rotatable bonds is 11. The molecule has 0 bridgehead atoms. The minimum absolute atomic E-state index is 0.597. The van der Waals surface area contributed by atoms with Gasteiger partial charge in [-0.2, -0.15) is 0 Å². The molecular weight excluding hydrogens is 222 g/mol.